The van der Waals surface area contributed by atoms with Crippen LogP contribution < -0.4 is 0 Å². The average molecular weight is 886 g/mol. The first-order chi connectivity index (χ1) is 25.6. The van der Waals surface area contributed by atoms with Crippen molar-refractivity contribution in [2.75, 3.05) is 0 Å². The van der Waals surface area contributed by atoms with Crippen LogP contribution in [-0.4, -0.2) is 15.9 Å². The van der Waals surface area contributed by atoms with Crippen LogP contribution in [0.3, 0.4) is 0 Å². The topological polar surface area (TPSA) is 50.2 Å². The molecule has 1 N–H and O–H groups in total. The molecule has 0 bridgehead atoms. The number of hydrogen-bond donors (Lipinski definition) is 1. The summed E-state index contributed by atoms with van der Waals surface area (Å²) < 4.78 is 45.4. The predicted octanol–water partition coefficient (Wildman–Crippen LogP) is 13.6. The predicted molar refractivity (Wildman–Crippen MR) is 217 cm³/mol. The number of benzene rings is 3. The Morgan fingerprint density at radius 1 is 0.941 bits per heavy atom. The number of aliphatic hydroxyl groups excluding tert-OH is 1. The third-order valence-corrected chi connectivity index (χ3v) is 12.0. The van der Waals surface area contributed by atoms with Crippen LogP contribution in [0.1, 0.15) is 138 Å². The minimum atomic E-state index is -0.540. The van der Waals surface area contributed by atoms with Crippen LogP contribution in [-0.2, 0) is 41.1 Å². The molecule has 0 spiro atoms. The van der Waals surface area contributed by atoms with Gasteiger partial charge in [0.25, 0.3) is 0 Å². The standard InChI is InChI=1S/C33H34NS.C13H24O2.Ir/c1-31(2,3)25-17-21(16-20-10-8-9-11-22(20)25)29-30-23(12-15-34-29)24-18-26-27(19-28(24)35-30)33(6,7)14-13-32(26,4)5;1-5-10(6-2)12(14)9-13(15)11(7-3)8-4;/h8-12,15,17-19H,13-14H2,1-7H3;9-11,14H,5-8H2,1-4H3;/q-1;;/b;12-9-;/i8D,9D,10D,11D,17D;;. The van der Waals surface area contributed by atoms with Gasteiger partial charge in [-0.25, -0.2) is 0 Å². The maximum absolute atomic E-state index is 11.7. The Morgan fingerprint density at radius 3 is 2.12 bits per heavy atom. The quantitative estimate of drug-likeness (QED) is 0.0959. The van der Waals surface area contributed by atoms with Crippen LogP contribution in [0.4, 0.5) is 0 Å². The zero-order valence-electron chi connectivity index (χ0n) is 37.3. The van der Waals surface area contributed by atoms with Gasteiger partial charge in [-0.1, -0.05) is 105 Å². The van der Waals surface area contributed by atoms with Crippen molar-refractivity contribution in [3.63, 3.8) is 0 Å². The number of ketones is 1. The summed E-state index contributed by atoms with van der Waals surface area (Å²) in [6, 6.07) is 9.42. The number of aliphatic hydroxyl groups is 1. The Balaban J connectivity index is 0.000000372. The first-order valence-electron chi connectivity index (χ1n) is 20.9. The number of allylic oxidation sites excluding steroid dienone is 2. The number of fused-ring (bicyclic) bond motifs is 5. The minimum absolute atomic E-state index is 0. The molecule has 2 aromatic heterocycles. The molecule has 3 aromatic carbocycles. The average Bonchev–Trinajstić information content (AvgIpc) is 3.50. The molecule has 5 aromatic rings. The Bertz CT molecular complexity index is 2310. The van der Waals surface area contributed by atoms with E-state index >= 15 is 0 Å². The van der Waals surface area contributed by atoms with Crippen molar-refractivity contribution >= 4 is 48.1 Å². The summed E-state index contributed by atoms with van der Waals surface area (Å²) in [5.41, 5.74) is 4.16. The van der Waals surface area contributed by atoms with Gasteiger partial charge in [0.05, 0.1) is 9.87 Å². The number of pyridine rings is 1. The molecule has 0 aliphatic heterocycles. The smallest absolute Gasteiger partial charge is 0.162 e. The molecule has 0 amide bonds. The van der Waals surface area contributed by atoms with Gasteiger partial charge in [0.2, 0.25) is 0 Å². The molecule has 2 heterocycles. The minimum Gasteiger partial charge on any atom is -0.512 e. The molecular formula is C46H58IrNO2S-. The maximum atomic E-state index is 11.7. The maximum Gasteiger partial charge on any atom is 0.162 e. The summed E-state index contributed by atoms with van der Waals surface area (Å²) >= 11 is 1.68. The van der Waals surface area contributed by atoms with Gasteiger partial charge in [-0.3, -0.25) is 9.78 Å². The van der Waals surface area contributed by atoms with Crippen molar-refractivity contribution < 1.29 is 36.9 Å². The van der Waals surface area contributed by atoms with Crippen molar-refractivity contribution in [3.8, 4) is 11.3 Å². The number of rotatable bonds is 8. The molecular weight excluding hydrogens is 823 g/mol. The van der Waals surface area contributed by atoms with Crippen LogP contribution in [0.5, 0.6) is 0 Å². The summed E-state index contributed by atoms with van der Waals surface area (Å²) in [5.74, 6) is 0.547. The van der Waals surface area contributed by atoms with Crippen molar-refractivity contribution in [2.24, 2.45) is 11.8 Å². The van der Waals surface area contributed by atoms with Gasteiger partial charge in [0, 0.05) is 67.4 Å². The van der Waals surface area contributed by atoms with Gasteiger partial charge in [-0.05, 0) is 89.5 Å². The second-order valence-corrected chi connectivity index (χ2v) is 17.4. The van der Waals surface area contributed by atoms with Crippen LogP contribution in [0, 0.1) is 17.9 Å². The van der Waals surface area contributed by atoms with Crippen molar-refractivity contribution in [1.82, 2.24) is 4.98 Å². The van der Waals surface area contributed by atoms with Gasteiger partial charge in [0.1, 0.15) is 0 Å². The zero-order valence-corrected chi connectivity index (χ0v) is 35.5. The van der Waals surface area contributed by atoms with E-state index in [0.29, 0.717) is 27.6 Å². The number of carbonyl (C=O) groups excluding carboxylic acids is 1. The molecule has 0 atom stereocenters. The van der Waals surface area contributed by atoms with E-state index in [2.05, 4.69) is 45.9 Å². The van der Waals surface area contributed by atoms with Crippen LogP contribution >= 0.6 is 11.3 Å². The number of nitrogens with zero attached hydrogens (tertiary/aromatic N) is 1. The third kappa shape index (κ3) is 8.37. The Labute approximate surface area is 331 Å². The number of carbonyl (C=O) groups is 1. The van der Waals surface area contributed by atoms with Crippen molar-refractivity contribution in [2.45, 2.75) is 131 Å². The Kier molecular flexibility index (Phi) is 10.7. The Morgan fingerprint density at radius 2 is 1.53 bits per heavy atom. The largest absolute Gasteiger partial charge is 0.512 e. The zero-order chi connectivity index (χ0) is 40.9. The molecule has 0 unspecified atom stereocenters. The number of aromatic nitrogens is 1. The molecule has 0 saturated carbocycles. The first-order valence-corrected chi connectivity index (χ1v) is 19.2. The van der Waals surface area contributed by atoms with E-state index in [1.807, 2.05) is 54.5 Å². The van der Waals surface area contributed by atoms with Gasteiger partial charge in [-0.15, -0.1) is 40.4 Å². The van der Waals surface area contributed by atoms with Crippen molar-refractivity contribution in [3.05, 3.63) is 89.2 Å². The molecule has 51 heavy (non-hydrogen) atoms. The van der Waals surface area contributed by atoms with E-state index in [1.165, 1.54) is 27.3 Å². The first kappa shape index (κ1) is 34.0. The monoisotopic (exact) mass is 886 g/mol. The van der Waals surface area contributed by atoms with Crippen molar-refractivity contribution in [1.29, 1.82) is 0 Å². The summed E-state index contributed by atoms with van der Waals surface area (Å²) in [6.45, 7) is 23.3. The van der Waals surface area contributed by atoms with E-state index in [-0.39, 0.29) is 84.5 Å². The fourth-order valence-corrected chi connectivity index (χ4v) is 8.55. The molecule has 3 nitrogen and oxygen atoms in total. The molecule has 1 aliphatic rings. The van der Waals surface area contributed by atoms with Gasteiger partial charge < -0.3 is 5.11 Å². The van der Waals surface area contributed by atoms with E-state index < -0.39 is 5.41 Å². The van der Waals surface area contributed by atoms with Gasteiger partial charge >= 0.3 is 0 Å². The number of thiophene rings is 1. The van der Waals surface area contributed by atoms with E-state index in [1.54, 1.807) is 17.5 Å². The summed E-state index contributed by atoms with van der Waals surface area (Å²) in [5, 5.41) is 12.7. The Hall–Kier alpha value is -2.85. The van der Waals surface area contributed by atoms with Gasteiger partial charge in [-0.2, -0.15) is 0 Å². The normalized spacial score (nSPS) is 16.9. The van der Waals surface area contributed by atoms with Crippen LogP contribution in [0.25, 0.3) is 42.2 Å². The fraction of sp³-hybridized carbons (Fsp3) is 0.478. The molecule has 1 aliphatic carbocycles. The summed E-state index contributed by atoms with van der Waals surface area (Å²) in [7, 11) is 0. The van der Waals surface area contributed by atoms with Gasteiger partial charge in [0.15, 0.2) is 5.78 Å². The molecule has 0 saturated heterocycles. The molecule has 1 radical (unpaired) electrons. The van der Waals surface area contributed by atoms with Crippen LogP contribution in [0.15, 0.2) is 66.4 Å². The van der Waals surface area contributed by atoms with E-state index in [9.17, 15) is 11.3 Å². The molecule has 5 heteroatoms. The second-order valence-electron chi connectivity index (χ2n) is 16.3. The summed E-state index contributed by atoms with van der Waals surface area (Å²) in [6.07, 6.45) is 8.98. The van der Waals surface area contributed by atoms with Crippen LogP contribution in [0.2, 0.25) is 0 Å². The molecule has 0 fully saturated rings. The SMILES string of the molecule is CCC(CC)C(=O)/C=C(\O)C(CC)CC.[2H]c1c([2H])c([2H])c2c(C(C)(C)C)c([2H])c(-c3nccc4c3sc3cc5c(cc34)C(C)(C)CCC5(C)C)[c-]c2c1[2H].[Ir]. The second kappa shape index (κ2) is 16.0. The number of hydrogen-bond acceptors (Lipinski definition) is 4. The van der Waals surface area contributed by atoms with E-state index in [0.717, 1.165) is 48.6 Å². The summed E-state index contributed by atoms with van der Waals surface area (Å²) in [4.78, 5) is 16.5. The molecule has 6 rings (SSSR count). The third-order valence-electron chi connectivity index (χ3n) is 10.9. The van der Waals surface area contributed by atoms with E-state index in [4.69, 9.17) is 10.5 Å². The molecule has 275 valence electrons. The fourth-order valence-electron chi connectivity index (χ4n) is 7.34.